The first-order valence-corrected chi connectivity index (χ1v) is 13.6. The Morgan fingerprint density at radius 2 is 1.65 bits per heavy atom. The second kappa shape index (κ2) is 13.7. The molecule has 0 spiro atoms. The van der Waals surface area contributed by atoms with Crippen LogP contribution in [0.25, 0.3) is 0 Å². The van der Waals surface area contributed by atoms with Crippen LogP contribution in [-0.2, 0) is 39.1 Å². The van der Waals surface area contributed by atoms with Crippen LogP contribution in [0.15, 0.2) is 30.3 Å². The van der Waals surface area contributed by atoms with Crippen LogP contribution >= 0.6 is 15.0 Å². The summed E-state index contributed by atoms with van der Waals surface area (Å²) in [4.78, 5) is 34.2. The van der Waals surface area contributed by atoms with Gasteiger partial charge in [-0.15, -0.1) is 0 Å². The summed E-state index contributed by atoms with van der Waals surface area (Å²) in [6.07, 6.45) is -1.85. The third-order valence-corrected chi connectivity index (χ3v) is 8.44. The molecule has 12 heteroatoms. The van der Waals surface area contributed by atoms with E-state index in [4.69, 9.17) is 13.8 Å². The van der Waals surface area contributed by atoms with Gasteiger partial charge in [-0.1, -0.05) is 30.3 Å². The van der Waals surface area contributed by atoms with E-state index in [1.807, 2.05) is 6.07 Å². The predicted octanol–water partition coefficient (Wildman–Crippen LogP) is 3.38. The molecule has 1 aromatic carbocycles. The molecule has 31 heavy (non-hydrogen) atoms. The molecule has 0 saturated carbocycles. The van der Waals surface area contributed by atoms with Crippen molar-refractivity contribution in [3.63, 3.8) is 0 Å². The predicted molar refractivity (Wildman–Crippen MR) is 115 cm³/mol. The Kier molecular flexibility index (Phi) is 12.0. The van der Waals surface area contributed by atoms with Gasteiger partial charge < -0.3 is 28.7 Å². The first kappa shape index (κ1) is 27.3. The van der Waals surface area contributed by atoms with Crippen LogP contribution in [-0.4, -0.2) is 61.8 Å². The molecule has 10 nitrogen and oxygen atoms in total. The second-order valence-electron chi connectivity index (χ2n) is 6.53. The molecule has 0 aliphatic carbocycles. The molecule has 1 rings (SSSR count). The zero-order valence-electron chi connectivity index (χ0n) is 18.0. The Bertz CT molecular complexity index is 778. The van der Waals surface area contributed by atoms with E-state index in [2.05, 4.69) is 10.1 Å². The normalized spacial score (nSPS) is 14.3. The van der Waals surface area contributed by atoms with E-state index >= 15 is 0 Å². The van der Waals surface area contributed by atoms with Gasteiger partial charge in [0.2, 0.25) is 7.37 Å². The molecular formula is C19H31NO9P2. The third-order valence-electron chi connectivity index (χ3n) is 4.13. The fourth-order valence-corrected chi connectivity index (χ4v) is 6.81. The standard InChI is InChI=1S/C19H31NO9P2/c1-4-28-31(25,29-5-2)14-13-30(23,24)12-11-17(18(21)26-3)20-19(22)27-15-16-9-7-6-8-10-16/h6-10,17H,4-5,11-15H2,1-3H3,(H,20,22)(H,23,24)/t17-/m0/s1. The zero-order valence-corrected chi connectivity index (χ0v) is 19.8. The third kappa shape index (κ3) is 10.9. The van der Waals surface area contributed by atoms with Crippen molar-refractivity contribution in [1.82, 2.24) is 5.32 Å². The minimum absolute atomic E-state index is 0.00318. The summed E-state index contributed by atoms with van der Waals surface area (Å²) < 4.78 is 44.9. The number of rotatable bonds is 14. The number of carbonyl (C=O) groups is 2. The quantitative estimate of drug-likeness (QED) is 0.304. The summed E-state index contributed by atoms with van der Waals surface area (Å²) in [6, 6.07) is 7.79. The Balaban J connectivity index is 2.62. The first-order valence-electron chi connectivity index (χ1n) is 9.88. The van der Waals surface area contributed by atoms with E-state index in [0.29, 0.717) is 0 Å². The first-order chi connectivity index (χ1) is 14.6. The summed E-state index contributed by atoms with van der Waals surface area (Å²) in [5, 5.41) is 2.35. The number of benzene rings is 1. The lowest BCUT2D eigenvalue weighted by Gasteiger charge is -2.20. The average Bonchev–Trinajstić information content (AvgIpc) is 2.74. The molecule has 0 aliphatic heterocycles. The molecule has 0 aliphatic rings. The molecule has 1 amide bonds. The van der Waals surface area contributed by atoms with Crippen LogP contribution in [0.4, 0.5) is 4.79 Å². The van der Waals surface area contributed by atoms with Crippen LogP contribution < -0.4 is 5.32 Å². The monoisotopic (exact) mass is 479 g/mol. The summed E-state index contributed by atoms with van der Waals surface area (Å²) in [7, 11) is -6.10. The van der Waals surface area contributed by atoms with Crippen molar-refractivity contribution in [2.24, 2.45) is 0 Å². The Labute approximate surface area is 182 Å². The molecule has 1 unspecified atom stereocenters. The number of hydrogen-bond acceptors (Lipinski definition) is 8. The molecule has 2 N–H and O–H groups in total. The number of amides is 1. The van der Waals surface area contributed by atoms with E-state index in [1.54, 1.807) is 38.1 Å². The largest absolute Gasteiger partial charge is 0.467 e. The van der Waals surface area contributed by atoms with Gasteiger partial charge in [-0.3, -0.25) is 9.13 Å². The van der Waals surface area contributed by atoms with Crippen molar-refractivity contribution >= 4 is 27.0 Å². The van der Waals surface area contributed by atoms with Gasteiger partial charge in [0.15, 0.2) is 0 Å². The number of nitrogens with one attached hydrogen (secondary N) is 1. The lowest BCUT2D eigenvalue weighted by atomic mass is 10.2. The van der Waals surface area contributed by atoms with Crippen LogP contribution in [0.2, 0.25) is 0 Å². The molecule has 176 valence electrons. The maximum absolute atomic E-state index is 12.5. The summed E-state index contributed by atoms with van der Waals surface area (Å²) in [5.41, 5.74) is 0.764. The molecule has 0 radical (unpaired) electrons. The molecule has 0 aromatic heterocycles. The van der Waals surface area contributed by atoms with E-state index in [0.717, 1.165) is 12.7 Å². The number of carbonyl (C=O) groups excluding carboxylic acids is 2. The van der Waals surface area contributed by atoms with E-state index < -0.39 is 33.1 Å². The summed E-state index contributed by atoms with van der Waals surface area (Å²) >= 11 is 0. The maximum atomic E-state index is 12.5. The van der Waals surface area contributed by atoms with Crippen molar-refractivity contribution in [1.29, 1.82) is 0 Å². The van der Waals surface area contributed by atoms with E-state index in [1.165, 1.54) is 0 Å². The fraction of sp³-hybridized carbons (Fsp3) is 0.579. The van der Waals surface area contributed by atoms with Crippen LogP contribution in [0.1, 0.15) is 25.8 Å². The van der Waals surface area contributed by atoms with Gasteiger partial charge in [0.05, 0.1) is 26.5 Å². The van der Waals surface area contributed by atoms with Gasteiger partial charge in [0.1, 0.15) is 12.6 Å². The number of esters is 1. The van der Waals surface area contributed by atoms with Crippen molar-refractivity contribution in [3.8, 4) is 0 Å². The van der Waals surface area contributed by atoms with Gasteiger partial charge >= 0.3 is 19.7 Å². The highest BCUT2D eigenvalue weighted by Gasteiger charge is 2.31. The average molecular weight is 479 g/mol. The number of methoxy groups -OCH3 is 1. The van der Waals surface area contributed by atoms with Crippen LogP contribution in [0.5, 0.6) is 0 Å². The topological polar surface area (TPSA) is 137 Å². The van der Waals surface area contributed by atoms with Gasteiger partial charge in [-0.25, -0.2) is 9.59 Å². The van der Waals surface area contributed by atoms with Crippen molar-refractivity contribution in [3.05, 3.63) is 35.9 Å². The Morgan fingerprint density at radius 3 is 2.19 bits per heavy atom. The van der Waals surface area contributed by atoms with Crippen LogP contribution in [0.3, 0.4) is 0 Å². The van der Waals surface area contributed by atoms with Gasteiger partial charge in [-0.05, 0) is 25.8 Å². The number of alkyl carbamates (subject to hydrolysis) is 1. The lowest BCUT2D eigenvalue weighted by molar-refractivity contribution is -0.143. The maximum Gasteiger partial charge on any atom is 0.408 e. The molecule has 2 atom stereocenters. The Hall–Kier alpha value is -1.70. The van der Waals surface area contributed by atoms with Crippen LogP contribution in [0, 0.1) is 0 Å². The molecule has 0 saturated heterocycles. The molecule has 0 heterocycles. The van der Waals surface area contributed by atoms with Gasteiger partial charge in [0.25, 0.3) is 0 Å². The van der Waals surface area contributed by atoms with Crippen molar-refractivity contribution in [2.45, 2.75) is 32.9 Å². The lowest BCUT2D eigenvalue weighted by Crippen LogP contribution is -2.42. The zero-order chi connectivity index (χ0) is 23.3. The van der Waals surface area contributed by atoms with Gasteiger partial charge in [0, 0.05) is 12.3 Å². The fourth-order valence-electron chi connectivity index (χ4n) is 2.58. The SMILES string of the molecule is CCOP(=O)(CCP(=O)(O)CC[C@H](NC(=O)OCc1ccccc1)C(=O)OC)OCC. The Morgan fingerprint density at radius 1 is 1.03 bits per heavy atom. The molecular weight excluding hydrogens is 448 g/mol. The number of hydrogen-bond donors (Lipinski definition) is 2. The summed E-state index contributed by atoms with van der Waals surface area (Å²) in [6.45, 7) is 3.59. The highest BCUT2D eigenvalue weighted by Crippen LogP contribution is 2.52. The smallest absolute Gasteiger partial charge is 0.408 e. The minimum atomic E-state index is -3.78. The molecule has 0 bridgehead atoms. The second-order valence-corrected chi connectivity index (χ2v) is 11.3. The summed E-state index contributed by atoms with van der Waals surface area (Å²) in [5.74, 6) is -0.772. The van der Waals surface area contributed by atoms with E-state index in [9.17, 15) is 23.6 Å². The minimum Gasteiger partial charge on any atom is -0.467 e. The van der Waals surface area contributed by atoms with E-state index in [-0.39, 0.29) is 44.7 Å². The number of ether oxygens (including phenoxy) is 2. The molecule has 1 aromatic rings. The highest BCUT2D eigenvalue weighted by atomic mass is 31.2. The highest BCUT2D eigenvalue weighted by molar-refractivity contribution is 7.60. The van der Waals surface area contributed by atoms with Crippen molar-refractivity contribution in [2.75, 3.05) is 38.8 Å². The molecule has 0 fully saturated rings. The van der Waals surface area contributed by atoms with Gasteiger partial charge in [-0.2, -0.15) is 0 Å². The van der Waals surface area contributed by atoms with Crippen molar-refractivity contribution < 1.29 is 42.1 Å².